The highest BCUT2D eigenvalue weighted by Crippen LogP contribution is 2.25. The number of nitrogens with one attached hydrogen (secondary N) is 1. The molecule has 2 aliphatic rings. The zero-order valence-corrected chi connectivity index (χ0v) is 13.2. The molecule has 1 aliphatic heterocycles. The van der Waals surface area contributed by atoms with Crippen LogP contribution >= 0.6 is 0 Å². The van der Waals surface area contributed by atoms with Crippen molar-refractivity contribution in [2.75, 3.05) is 6.54 Å². The van der Waals surface area contributed by atoms with E-state index in [1.807, 2.05) is 6.07 Å². The number of hydrogen-bond acceptors (Lipinski definition) is 2. The second kappa shape index (κ2) is 6.45. The van der Waals surface area contributed by atoms with Crippen molar-refractivity contribution in [1.29, 1.82) is 0 Å². The van der Waals surface area contributed by atoms with Crippen LogP contribution in [-0.2, 0) is 13.1 Å². The van der Waals surface area contributed by atoms with Gasteiger partial charge in [0.15, 0.2) is 0 Å². The third-order valence-electron chi connectivity index (χ3n) is 4.93. The van der Waals surface area contributed by atoms with Crippen LogP contribution in [0.2, 0.25) is 0 Å². The summed E-state index contributed by atoms with van der Waals surface area (Å²) in [5.41, 5.74) is 2.06. The summed E-state index contributed by atoms with van der Waals surface area (Å²) in [6.07, 6.45) is 5.04. The van der Waals surface area contributed by atoms with Crippen LogP contribution in [0.25, 0.3) is 0 Å². The minimum Gasteiger partial charge on any atom is -0.310 e. The molecular formula is C18H27FN2. The molecule has 2 nitrogen and oxygen atoms in total. The lowest BCUT2D eigenvalue weighted by Crippen LogP contribution is -2.39. The number of likely N-dealkylation sites (tertiary alicyclic amines) is 1. The van der Waals surface area contributed by atoms with Crippen molar-refractivity contribution in [3.8, 4) is 0 Å². The molecule has 1 aliphatic carbocycles. The topological polar surface area (TPSA) is 15.3 Å². The number of nitrogens with zero attached hydrogens (tertiary/aromatic N) is 1. The lowest BCUT2D eigenvalue weighted by Gasteiger charge is -2.36. The van der Waals surface area contributed by atoms with E-state index >= 15 is 0 Å². The van der Waals surface area contributed by atoms with Gasteiger partial charge in [0, 0.05) is 30.7 Å². The first-order valence-corrected chi connectivity index (χ1v) is 8.36. The first-order chi connectivity index (χ1) is 10.1. The first-order valence-electron chi connectivity index (χ1n) is 8.36. The van der Waals surface area contributed by atoms with Crippen molar-refractivity contribution >= 4 is 0 Å². The average Bonchev–Trinajstić information content (AvgIpc) is 3.27. The maximum Gasteiger partial charge on any atom is 0.127 e. The molecule has 1 saturated carbocycles. The summed E-state index contributed by atoms with van der Waals surface area (Å²) >= 11 is 0. The van der Waals surface area contributed by atoms with Crippen LogP contribution in [0.3, 0.4) is 0 Å². The summed E-state index contributed by atoms with van der Waals surface area (Å²) in [5.74, 6) is 0.742. The van der Waals surface area contributed by atoms with Gasteiger partial charge in [-0.2, -0.15) is 0 Å². The highest BCUT2D eigenvalue weighted by molar-refractivity contribution is 5.25. The number of halogens is 1. The Kier molecular flexibility index (Phi) is 4.60. The van der Waals surface area contributed by atoms with E-state index in [2.05, 4.69) is 30.1 Å². The van der Waals surface area contributed by atoms with Gasteiger partial charge in [-0.3, -0.25) is 4.90 Å². The van der Waals surface area contributed by atoms with Gasteiger partial charge in [-0.15, -0.1) is 0 Å². The van der Waals surface area contributed by atoms with Crippen LogP contribution in [0.1, 0.15) is 50.7 Å². The Labute approximate surface area is 127 Å². The van der Waals surface area contributed by atoms with Crippen LogP contribution in [-0.4, -0.2) is 23.5 Å². The molecule has 0 bridgehead atoms. The van der Waals surface area contributed by atoms with E-state index in [1.165, 1.54) is 31.2 Å². The van der Waals surface area contributed by atoms with Gasteiger partial charge in [0.1, 0.15) is 5.82 Å². The van der Waals surface area contributed by atoms with Gasteiger partial charge in [-0.1, -0.05) is 19.1 Å². The molecule has 2 unspecified atom stereocenters. The molecule has 0 aromatic heterocycles. The number of hydrogen-bond donors (Lipinski definition) is 1. The van der Waals surface area contributed by atoms with E-state index in [9.17, 15) is 4.39 Å². The highest BCUT2D eigenvalue weighted by Gasteiger charge is 2.24. The Hall–Kier alpha value is -0.930. The predicted octanol–water partition coefficient (Wildman–Crippen LogP) is 3.70. The average molecular weight is 290 g/mol. The van der Waals surface area contributed by atoms with Crippen molar-refractivity contribution in [3.05, 3.63) is 35.1 Å². The van der Waals surface area contributed by atoms with E-state index in [1.54, 1.807) is 6.07 Å². The van der Waals surface area contributed by atoms with Gasteiger partial charge in [-0.25, -0.2) is 4.39 Å². The fraction of sp³-hybridized carbons (Fsp3) is 0.667. The van der Waals surface area contributed by atoms with Crippen LogP contribution in [0.4, 0.5) is 4.39 Å². The van der Waals surface area contributed by atoms with Crippen molar-refractivity contribution in [2.45, 2.75) is 64.7 Å². The SMILES string of the molecule is CC1CCN(Cc2cc(CNC3CC3)ccc2F)C(C)C1. The van der Waals surface area contributed by atoms with Crippen molar-refractivity contribution < 1.29 is 4.39 Å². The van der Waals surface area contributed by atoms with Crippen LogP contribution in [0.5, 0.6) is 0 Å². The summed E-state index contributed by atoms with van der Waals surface area (Å²) in [6, 6.07) is 6.85. The van der Waals surface area contributed by atoms with E-state index < -0.39 is 0 Å². The minimum absolute atomic E-state index is 0.0593. The quantitative estimate of drug-likeness (QED) is 0.889. The predicted molar refractivity (Wildman–Crippen MR) is 84.5 cm³/mol. The molecule has 116 valence electrons. The first kappa shape index (κ1) is 15.0. The summed E-state index contributed by atoms with van der Waals surface area (Å²) in [6.45, 7) is 7.29. The molecule has 1 aromatic rings. The molecule has 3 heteroatoms. The Balaban J connectivity index is 1.64. The minimum atomic E-state index is -0.0593. The van der Waals surface area contributed by atoms with Crippen molar-refractivity contribution in [3.63, 3.8) is 0 Å². The maximum absolute atomic E-state index is 14.1. The van der Waals surface area contributed by atoms with Gasteiger partial charge in [0.2, 0.25) is 0 Å². The molecule has 2 atom stereocenters. The Morgan fingerprint density at radius 1 is 1.24 bits per heavy atom. The maximum atomic E-state index is 14.1. The molecule has 1 heterocycles. The largest absolute Gasteiger partial charge is 0.310 e. The lowest BCUT2D eigenvalue weighted by atomic mass is 9.93. The second-order valence-electron chi connectivity index (χ2n) is 7.03. The zero-order chi connectivity index (χ0) is 14.8. The number of benzene rings is 1. The molecule has 0 radical (unpaired) electrons. The van der Waals surface area contributed by atoms with E-state index in [0.717, 1.165) is 31.1 Å². The fourth-order valence-corrected chi connectivity index (χ4v) is 3.32. The van der Waals surface area contributed by atoms with Gasteiger partial charge >= 0.3 is 0 Å². The normalized spacial score (nSPS) is 27.0. The monoisotopic (exact) mass is 290 g/mol. The molecule has 0 amide bonds. The highest BCUT2D eigenvalue weighted by atomic mass is 19.1. The van der Waals surface area contributed by atoms with Gasteiger partial charge in [0.05, 0.1) is 0 Å². The molecule has 2 fully saturated rings. The standard InChI is InChI=1S/C18H27FN2/c1-13-7-8-21(14(2)9-13)12-16-10-15(3-6-18(16)19)11-20-17-4-5-17/h3,6,10,13-14,17,20H,4-5,7-9,11-12H2,1-2H3. The van der Waals surface area contributed by atoms with Crippen LogP contribution in [0, 0.1) is 11.7 Å². The van der Waals surface area contributed by atoms with E-state index in [4.69, 9.17) is 0 Å². The summed E-state index contributed by atoms with van der Waals surface area (Å²) in [7, 11) is 0. The van der Waals surface area contributed by atoms with Gasteiger partial charge in [0.25, 0.3) is 0 Å². The molecule has 21 heavy (non-hydrogen) atoms. The lowest BCUT2D eigenvalue weighted by molar-refractivity contribution is 0.121. The smallest absolute Gasteiger partial charge is 0.127 e. The summed E-state index contributed by atoms with van der Waals surface area (Å²) < 4.78 is 14.1. The molecule has 3 rings (SSSR count). The summed E-state index contributed by atoms with van der Waals surface area (Å²) in [5, 5.41) is 3.50. The van der Waals surface area contributed by atoms with Gasteiger partial charge < -0.3 is 5.32 Å². The Bertz CT molecular complexity index is 484. The fourth-order valence-electron chi connectivity index (χ4n) is 3.32. The molecule has 1 N–H and O–H groups in total. The molecule has 1 saturated heterocycles. The molecular weight excluding hydrogens is 263 g/mol. The Morgan fingerprint density at radius 3 is 2.76 bits per heavy atom. The van der Waals surface area contributed by atoms with Crippen LogP contribution < -0.4 is 5.32 Å². The van der Waals surface area contributed by atoms with Crippen molar-refractivity contribution in [2.24, 2.45) is 5.92 Å². The number of rotatable bonds is 5. The number of piperidine rings is 1. The van der Waals surface area contributed by atoms with E-state index in [0.29, 0.717) is 12.1 Å². The third kappa shape index (κ3) is 4.04. The second-order valence-corrected chi connectivity index (χ2v) is 7.03. The molecule has 1 aromatic carbocycles. The van der Waals surface area contributed by atoms with Gasteiger partial charge in [-0.05, 0) is 56.7 Å². The molecule has 0 spiro atoms. The Morgan fingerprint density at radius 2 is 2.05 bits per heavy atom. The summed E-state index contributed by atoms with van der Waals surface area (Å²) in [4.78, 5) is 2.43. The third-order valence-corrected chi connectivity index (χ3v) is 4.93. The zero-order valence-electron chi connectivity index (χ0n) is 13.2. The van der Waals surface area contributed by atoms with Crippen molar-refractivity contribution in [1.82, 2.24) is 10.2 Å². The van der Waals surface area contributed by atoms with E-state index in [-0.39, 0.29) is 5.82 Å². The van der Waals surface area contributed by atoms with Crippen LogP contribution in [0.15, 0.2) is 18.2 Å².